The number of nitrogens with zero attached hydrogens (tertiary/aromatic N) is 1. The van der Waals surface area contributed by atoms with Gasteiger partial charge in [-0.3, -0.25) is 0 Å². The number of carbonyl (C=O) groups is 1. The Bertz CT molecular complexity index is 508. The molecular formula is C14H19F3N2O2S. The first-order chi connectivity index (χ1) is 10.3. The van der Waals surface area contributed by atoms with E-state index in [-0.39, 0.29) is 18.1 Å². The molecule has 0 bridgehead atoms. The lowest BCUT2D eigenvalue weighted by Crippen LogP contribution is -2.38. The quantitative estimate of drug-likeness (QED) is 0.894. The molecule has 1 fully saturated rings. The molecule has 0 spiro atoms. The molecule has 0 atom stereocenters. The SMILES string of the molecule is CC(C)OC(=O)N[C@H]1CC[C@H](c2nc(C(F)(F)F)cs2)CC1. The van der Waals surface area contributed by atoms with Crippen molar-refractivity contribution in [1.29, 1.82) is 0 Å². The molecule has 0 aliphatic heterocycles. The zero-order chi connectivity index (χ0) is 16.3. The molecule has 8 heteroatoms. The maximum atomic E-state index is 12.6. The fraction of sp³-hybridized carbons (Fsp3) is 0.714. The van der Waals surface area contributed by atoms with Gasteiger partial charge < -0.3 is 10.1 Å². The molecule has 1 N–H and O–H groups in total. The summed E-state index contributed by atoms with van der Waals surface area (Å²) >= 11 is 1.06. The van der Waals surface area contributed by atoms with Crippen molar-refractivity contribution in [3.63, 3.8) is 0 Å². The first kappa shape index (κ1) is 17.1. The van der Waals surface area contributed by atoms with Crippen molar-refractivity contribution < 1.29 is 22.7 Å². The van der Waals surface area contributed by atoms with Gasteiger partial charge in [-0.1, -0.05) is 0 Å². The Morgan fingerprint density at radius 1 is 1.36 bits per heavy atom. The van der Waals surface area contributed by atoms with Crippen LogP contribution in [0.25, 0.3) is 0 Å². The molecule has 0 radical (unpaired) electrons. The molecule has 1 aliphatic carbocycles. The second kappa shape index (κ2) is 6.85. The summed E-state index contributed by atoms with van der Waals surface area (Å²) in [7, 11) is 0. The summed E-state index contributed by atoms with van der Waals surface area (Å²) in [6.07, 6.45) is -2.11. The van der Waals surface area contributed by atoms with Gasteiger partial charge in [0, 0.05) is 17.3 Å². The molecule has 4 nitrogen and oxygen atoms in total. The van der Waals surface area contributed by atoms with Crippen molar-refractivity contribution in [2.75, 3.05) is 0 Å². The highest BCUT2D eigenvalue weighted by molar-refractivity contribution is 7.09. The molecule has 1 saturated carbocycles. The largest absolute Gasteiger partial charge is 0.447 e. The van der Waals surface area contributed by atoms with E-state index in [4.69, 9.17) is 4.74 Å². The van der Waals surface area contributed by atoms with Gasteiger partial charge in [-0.2, -0.15) is 13.2 Å². The molecule has 1 aliphatic rings. The first-order valence-electron chi connectivity index (χ1n) is 7.25. The molecular weight excluding hydrogens is 317 g/mol. The van der Waals surface area contributed by atoms with Crippen LogP contribution in [-0.2, 0) is 10.9 Å². The number of hydrogen-bond acceptors (Lipinski definition) is 4. The van der Waals surface area contributed by atoms with E-state index >= 15 is 0 Å². The van der Waals surface area contributed by atoms with Gasteiger partial charge in [0.2, 0.25) is 0 Å². The van der Waals surface area contributed by atoms with Crippen molar-refractivity contribution >= 4 is 17.4 Å². The number of ether oxygens (including phenoxy) is 1. The number of nitrogens with one attached hydrogen (secondary N) is 1. The highest BCUT2D eigenvalue weighted by Crippen LogP contribution is 2.37. The second-order valence-electron chi connectivity index (χ2n) is 5.72. The predicted octanol–water partition coefficient (Wildman–Crippen LogP) is 4.32. The minimum absolute atomic E-state index is 0.0181. The Morgan fingerprint density at radius 2 is 2.00 bits per heavy atom. The summed E-state index contributed by atoms with van der Waals surface area (Å²) in [6, 6.07) is 0.0181. The standard InChI is InChI=1S/C14H19F3N2O2S/c1-8(2)21-13(20)18-10-5-3-9(4-6-10)12-19-11(7-22-12)14(15,16)17/h7-10H,3-6H2,1-2H3,(H,18,20)/t9-,10-. The highest BCUT2D eigenvalue weighted by Gasteiger charge is 2.35. The first-order valence-corrected chi connectivity index (χ1v) is 8.13. The van der Waals surface area contributed by atoms with Crippen LogP contribution in [0.4, 0.5) is 18.0 Å². The number of aromatic nitrogens is 1. The fourth-order valence-electron chi connectivity index (χ4n) is 2.50. The van der Waals surface area contributed by atoms with E-state index in [9.17, 15) is 18.0 Å². The van der Waals surface area contributed by atoms with Crippen LogP contribution in [0.1, 0.15) is 56.2 Å². The summed E-state index contributed by atoms with van der Waals surface area (Å²) in [5, 5.41) is 4.40. The van der Waals surface area contributed by atoms with E-state index in [1.807, 2.05) is 0 Å². The summed E-state index contributed by atoms with van der Waals surface area (Å²) in [6.45, 7) is 3.55. The Balaban J connectivity index is 1.84. The summed E-state index contributed by atoms with van der Waals surface area (Å²) in [4.78, 5) is 15.2. The van der Waals surface area contributed by atoms with Crippen LogP contribution in [0.5, 0.6) is 0 Å². The van der Waals surface area contributed by atoms with E-state index in [0.717, 1.165) is 42.4 Å². The van der Waals surface area contributed by atoms with Gasteiger partial charge in [0.05, 0.1) is 11.1 Å². The van der Waals surface area contributed by atoms with Crippen molar-refractivity contribution in [3.8, 4) is 0 Å². The van der Waals surface area contributed by atoms with Gasteiger partial charge in [0.1, 0.15) is 0 Å². The average Bonchev–Trinajstić information content (AvgIpc) is 2.88. The molecule has 22 heavy (non-hydrogen) atoms. The number of halogens is 3. The second-order valence-corrected chi connectivity index (χ2v) is 6.61. The lowest BCUT2D eigenvalue weighted by Gasteiger charge is -2.28. The van der Waals surface area contributed by atoms with Gasteiger partial charge in [0.15, 0.2) is 5.69 Å². The normalized spacial score (nSPS) is 22.6. The van der Waals surface area contributed by atoms with E-state index in [1.165, 1.54) is 0 Å². The van der Waals surface area contributed by atoms with Gasteiger partial charge in [-0.05, 0) is 39.5 Å². The predicted molar refractivity (Wildman–Crippen MR) is 76.9 cm³/mol. The molecule has 1 aromatic rings. The number of rotatable bonds is 3. The maximum absolute atomic E-state index is 12.6. The van der Waals surface area contributed by atoms with Crippen LogP contribution < -0.4 is 5.32 Å². The Kier molecular flexibility index (Phi) is 5.31. The highest BCUT2D eigenvalue weighted by atomic mass is 32.1. The average molecular weight is 336 g/mol. The van der Waals surface area contributed by atoms with Gasteiger partial charge >= 0.3 is 12.3 Å². The van der Waals surface area contributed by atoms with Crippen LogP contribution in [0.3, 0.4) is 0 Å². The molecule has 1 aromatic heterocycles. The monoisotopic (exact) mass is 336 g/mol. The number of thiazole rings is 1. The lowest BCUT2D eigenvalue weighted by molar-refractivity contribution is -0.140. The van der Waals surface area contributed by atoms with Crippen LogP contribution in [0.2, 0.25) is 0 Å². The molecule has 124 valence electrons. The third kappa shape index (κ3) is 4.59. The third-order valence-corrected chi connectivity index (χ3v) is 4.56. The summed E-state index contributed by atoms with van der Waals surface area (Å²) in [5.74, 6) is 0.0419. The van der Waals surface area contributed by atoms with Gasteiger partial charge in [0.25, 0.3) is 0 Å². The molecule has 0 saturated heterocycles. The Hall–Kier alpha value is -1.31. The van der Waals surface area contributed by atoms with Gasteiger partial charge in [-0.15, -0.1) is 11.3 Å². The number of alkyl halides is 3. The van der Waals surface area contributed by atoms with E-state index in [0.29, 0.717) is 5.01 Å². The maximum Gasteiger partial charge on any atom is 0.434 e. The molecule has 0 unspecified atom stereocenters. The zero-order valence-electron chi connectivity index (χ0n) is 12.4. The summed E-state index contributed by atoms with van der Waals surface area (Å²) in [5.41, 5.74) is -0.812. The van der Waals surface area contributed by atoms with Crippen molar-refractivity contribution in [3.05, 3.63) is 16.1 Å². The Morgan fingerprint density at radius 3 is 2.50 bits per heavy atom. The van der Waals surface area contributed by atoms with E-state index in [1.54, 1.807) is 13.8 Å². The number of carbonyl (C=O) groups excluding carboxylic acids is 1. The van der Waals surface area contributed by atoms with Crippen molar-refractivity contribution in [2.45, 2.75) is 63.8 Å². The van der Waals surface area contributed by atoms with E-state index in [2.05, 4.69) is 10.3 Å². The van der Waals surface area contributed by atoms with Crippen molar-refractivity contribution in [1.82, 2.24) is 10.3 Å². The van der Waals surface area contributed by atoms with Gasteiger partial charge in [-0.25, -0.2) is 9.78 Å². The van der Waals surface area contributed by atoms with Crippen LogP contribution in [0, 0.1) is 0 Å². The molecule has 0 aromatic carbocycles. The van der Waals surface area contributed by atoms with Crippen LogP contribution in [0.15, 0.2) is 5.38 Å². The minimum Gasteiger partial charge on any atom is -0.447 e. The molecule has 1 heterocycles. The van der Waals surface area contributed by atoms with Crippen LogP contribution in [-0.4, -0.2) is 23.2 Å². The van der Waals surface area contributed by atoms with E-state index < -0.39 is 18.0 Å². The number of amides is 1. The van der Waals surface area contributed by atoms with Crippen LogP contribution >= 0.6 is 11.3 Å². The zero-order valence-corrected chi connectivity index (χ0v) is 13.3. The molecule has 1 amide bonds. The topological polar surface area (TPSA) is 51.2 Å². The smallest absolute Gasteiger partial charge is 0.434 e. The summed E-state index contributed by atoms with van der Waals surface area (Å²) < 4.78 is 42.7. The van der Waals surface area contributed by atoms with Crippen molar-refractivity contribution in [2.24, 2.45) is 0 Å². The fourth-order valence-corrected chi connectivity index (χ4v) is 3.50. The molecule has 2 rings (SSSR count). The minimum atomic E-state index is -4.38. The Labute approximate surface area is 131 Å². The lowest BCUT2D eigenvalue weighted by atomic mass is 9.86. The third-order valence-electron chi connectivity index (χ3n) is 3.55. The number of alkyl carbamates (subject to hydrolysis) is 1. The number of hydrogen-bond donors (Lipinski definition) is 1.